The third-order valence-electron chi connectivity index (χ3n) is 2.93. The lowest BCUT2D eigenvalue weighted by atomic mass is 10.1. The van der Waals surface area contributed by atoms with Gasteiger partial charge < -0.3 is 9.84 Å². The standard InChI is InChI=1S/C16H15IN2O3/c1-22-14-8-7-11(9-13(14)17)10-18-19-16(21)15(20)12-5-3-2-4-6-12/h2-10,15,20H,1H3,(H,19,21)/b18-10-/t15-/m1/s1. The number of rotatable bonds is 5. The maximum Gasteiger partial charge on any atom is 0.273 e. The van der Waals surface area contributed by atoms with E-state index in [2.05, 4.69) is 33.1 Å². The number of aliphatic hydroxyl groups is 1. The van der Waals surface area contributed by atoms with Crippen molar-refractivity contribution in [3.63, 3.8) is 0 Å². The fraction of sp³-hybridized carbons (Fsp3) is 0.125. The van der Waals surface area contributed by atoms with Crippen LogP contribution >= 0.6 is 22.6 Å². The first-order valence-corrected chi connectivity index (χ1v) is 7.59. The van der Waals surface area contributed by atoms with Crippen LogP contribution in [0, 0.1) is 3.57 Å². The quantitative estimate of drug-likeness (QED) is 0.452. The molecule has 1 atom stereocenters. The molecule has 0 saturated carbocycles. The van der Waals surface area contributed by atoms with Gasteiger partial charge in [-0.05, 0) is 51.9 Å². The van der Waals surface area contributed by atoms with Gasteiger partial charge in [0.15, 0.2) is 6.10 Å². The van der Waals surface area contributed by atoms with Gasteiger partial charge in [-0.2, -0.15) is 5.10 Å². The number of ether oxygens (including phenoxy) is 1. The predicted molar refractivity (Wildman–Crippen MR) is 92.8 cm³/mol. The topological polar surface area (TPSA) is 70.9 Å². The Morgan fingerprint density at radius 3 is 2.68 bits per heavy atom. The summed E-state index contributed by atoms with van der Waals surface area (Å²) in [4.78, 5) is 11.8. The van der Waals surface area contributed by atoms with Crippen LogP contribution in [0.4, 0.5) is 0 Å². The molecule has 114 valence electrons. The maximum absolute atomic E-state index is 11.8. The number of hydrazone groups is 1. The summed E-state index contributed by atoms with van der Waals surface area (Å²) in [6, 6.07) is 14.2. The molecule has 0 bridgehead atoms. The van der Waals surface area contributed by atoms with Crippen molar-refractivity contribution in [3.05, 3.63) is 63.2 Å². The highest BCUT2D eigenvalue weighted by Gasteiger charge is 2.15. The number of hydrogen-bond donors (Lipinski definition) is 2. The van der Waals surface area contributed by atoms with E-state index >= 15 is 0 Å². The lowest BCUT2D eigenvalue weighted by Gasteiger charge is -2.08. The van der Waals surface area contributed by atoms with Gasteiger partial charge in [0, 0.05) is 0 Å². The first-order valence-electron chi connectivity index (χ1n) is 6.51. The van der Waals surface area contributed by atoms with Crippen molar-refractivity contribution in [2.45, 2.75) is 6.10 Å². The smallest absolute Gasteiger partial charge is 0.273 e. The summed E-state index contributed by atoms with van der Waals surface area (Å²) in [5, 5.41) is 13.8. The molecule has 2 aromatic rings. The number of nitrogens with zero attached hydrogens (tertiary/aromatic N) is 1. The Morgan fingerprint density at radius 2 is 2.05 bits per heavy atom. The Labute approximate surface area is 142 Å². The van der Waals surface area contributed by atoms with Crippen LogP contribution < -0.4 is 10.2 Å². The Hall–Kier alpha value is -1.93. The molecule has 0 aromatic heterocycles. The Kier molecular flexibility index (Phi) is 5.91. The molecule has 6 heteroatoms. The van der Waals surface area contributed by atoms with Crippen LogP contribution in [0.2, 0.25) is 0 Å². The molecular weight excluding hydrogens is 395 g/mol. The number of benzene rings is 2. The summed E-state index contributed by atoms with van der Waals surface area (Å²) in [6.07, 6.45) is 0.270. The summed E-state index contributed by atoms with van der Waals surface area (Å²) >= 11 is 2.16. The number of nitrogens with one attached hydrogen (secondary N) is 1. The van der Waals surface area contributed by atoms with E-state index in [4.69, 9.17) is 4.74 Å². The minimum atomic E-state index is -1.24. The molecular formula is C16H15IN2O3. The van der Waals surface area contributed by atoms with Gasteiger partial charge >= 0.3 is 0 Å². The summed E-state index contributed by atoms with van der Waals surface area (Å²) in [5.74, 6) is 0.201. The average Bonchev–Trinajstić information content (AvgIpc) is 2.55. The first-order chi connectivity index (χ1) is 10.6. The molecule has 5 nitrogen and oxygen atoms in total. The highest BCUT2D eigenvalue weighted by molar-refractivity contribution is 14.1. The largest absolute Gasteiger partial charge is 0.496 e. The fourth-order valence-corrected chi connectivity index (χ4v) is 2.54. The molecule has 0 heterocycles. The van der Waals surface area contributed by atoms with Gasteiger partial charge in [0.1, 0.15) is 5.75 Å². The van der Waals surface area contributed by atoms with Gasteiger partial charge in [-0.15, -0.1) is 0 Å². The summed E-state index contributed by atoms with van der Waals surface area (Å²) in [5.41, 5.74) is 3.67. The Balaban J connectivity index is 1.97. The zero-order chi connectivity index (χ0) is 15.9. The maximum atomic E-state index is 11.8. The second kappa shape index (κ2) is 7.90. The van der Waals surface area contributed by atoms with Crippen molar-refractivity contribution in [2.24, 2.45) is 5.10 Å². The van der Waals surface area contributed by atoms with Crippen LogP contribution in [0.15, 0.2) is 53.6 Å². The number of carbonyl (C=O) groups excluding carboxylic acids is 1. The number of aliphatic hydroxyl groups excluding tert-OH is 1. The molecule has 22 heavy (non-hydrogen) atoms. The van der Waals surface area contributed by atoms with Crippen LogP contribution in [0.3, 0.4) is 0 Å². The second-order valence-electron chi connectivity index (χ2n) is 4.44. The molecule has 0 saturated heterocycles. The number of halogens is 1. The molecule has 0 aliphatic rings. The predicted octanol–water partition coefficient (Wildman–Crippen LogP) is 2.48. The Morgan fingerprint density at radius 1 is 1.32 bits per heavy atom. The summed E-state index contributed by atoms with van der Waals surface area (Å²) in [7, 11) is 1.61. The molecule has 2 N–H and O–H groups in total. The van der Waals surface area contributed by atoms with Crippen molar-refractivity contribution in [1.82, 2.24) is 5.43 Å². The van der Waals surface area contributed by atoms with E-state index in [1.807, 2.05) is 24.3 Å². The number of methoxy groups -OCH3 is 1. The van der Waals surface area contributed by atoms with Crippen LogP contribution in [0.5, 0.6) is 5.75 Å². The molecule has 0 spiro atoms. The molecule has 2 rings (SSSR count). The van der Waals surface area contributed by atoms with Crippen molar-refractivity contribution in [1.29, 1.82) is 0 Å². The van der Waals surface area contributed by atoms with E-state index in [9.17, 15) is 9.90 Å². The van der Waals surface area contributed by atoms with Gasteiger partial charge in [-0.1, -0.05) is 30.3 Å². The second-order valence-corrected chi connectivity index (χ2v) is 5.60. The number of carbonyl (C=O) groups is 1. The van der Waals surface area contributed by atoms with Crippen LogP contribution in [-0.2, 0) is 4.79 Å². The summed E-state index contributed by atoms with van der Waals surface area (Å²) in [6.45, 7) is 0. The molecule has 0 aliphatic heterocycles. The first kappa shape index (κ1) is 16.4. The van der Waals surface area contributed by atoms with Crippen molar-refractivity contribution >= 4 is 34.7 Å². The lowest BCUT2D eigenvalue weighted by Crippen LogP contribution is -2.25. The highest BCUT2D eigenvalue weighted by atomic mass is 127. The monoisotopic (exact) mass is 410 g/mol. The van der Waals surface area contributed by atoms with Crippen LogP contribution in [0.1, 0.15) is 17.2 Å². The fourth-order valence-electron chi connectivity index (χ4n) is 1.78. The van der Waals surface area contributed by atoms with Gasteiger partial charge in [-0.25, -0.2) is 5.43 Å². The zero-order valence-corrected chi connectivity index (χ0v) is 14.0. The van der Waals surface area contributed by atoms with E-state index < -0.39 is 12.0 Å². The van der Waals surface area contributed by atoms with Gasteiger partial charge in [0.25, 0.3) is 5.91 Å². The highest BCUT2D eigenvalue weighted by Crippen LogP contribution is 2.20. The van der Waals surface area contributed by atoms with Gasteiger partial charge in [-0.3, -0.25) is 4.79 Å². The number of amides is 1. The van der Waals surface area contributed by atoms with Crippen LogP contribution in [0.25, 0.3) is 0 Å². The van der Waals surface area contributed by atoms with E-state index in [0.717, 1.165) is 14.9 Å². The molecule has 0 unspecified atom stereocenters. The van der Waals surface area contributed by atoms with Crippen molar-refractivity contribution < 1.29 is 14.6 Å². The molecule has 2 aromatic carbocycles. The molecule has 1 amide bonds. The molecule has 0 aliphatic carbocycles. The lowest BCUT2D eigenvalue weighted by molar-refractivity contribution is -0.129. The third kappa shape index (κ3) is 4.28. The minimum absolute atomic E-state index is 0.522. The van der Waals surface area contributed by atoms with E-state index in [1.54, 1.807) is 31.4 Å². The third-order valence-corrected chi connectivity index (χ3v) is 3.77. The SMILES string of the molecule is COc1ccc(/C=N\NC(=O)[C@H](O)c2ccccc2)cc1I. The average molecular weight is 410 g/mol. The minimum Gasteiger partial charge on any atom is -0.496 e. The zero-order valence-electron chi connectivity index (χ0n) is 11.9. The van der Waals surface area contributed by atoms with Gasteiger partial charge in [0.2, 0.25) is 0 Å². The Bertz CT molecular complexity index is 674. The van der Waals surface area contributed by atoms with Crippen molar-refractivity contribution in [2.75, 3.05) is 7.11 Å². The normalized spacial score (nSPS) is 12.1. The molecule has 0 radical (unpaired) electrons. The van der Waals surface area contributed by atoms with Crippen molar-refractivity contribution in [3.8, 4) is 5.75 Å². The van der Waals surface area contributed by atoms with E-state index in [1.165, 1.54) is 6.21 Å². The van der Waals surface area contributed by atoms with E-state index in [-0.39, 0.29) is 0 Å². The molecule has 0 fully saturated rings. The van der Waals surface area contributed by atoms with E-state index in [0.29, 0.717) is 5.56 Å². The summed E-state index contributed by atoms with van der Waals surface area (Å²) < 4.78 is 6.11. The number of hydrogen-bond acceptors (Lipinski definition) is 4. The van der Waals surface area contributed by atoms with Crippen LogP contribution in [-0.4, -0.2) is 24.3 Å². The van der Waals surface area contributed by atoms with Gasteiger partial charge in [0.05, 0.1) is 16.9 Å².